The van der Waals surface area contributed by atoms with Gasteiger partial charge >= 0.3 is 5.97 Å². The van der Waals surface area contributed by atoms with E-state index in [0.717, 1.165) is 16.4 Å². The summed E-state index contributed by atoms with van der Waals surface area (Å²) in [5.41, 5.74) is 0. The average molecular weight is 322 g/mol. The number of sulfonamides is 1. The molecule has 1 saturated heterocycles. The highest BCUT2D eigenvalue weighted by molar-refractivity contribution is 7.89. The summed E-state index contributed by atoms with van der Waals surface area (Å²) < 4.78 is 39.4. The van der Waals surface area contributed by atoms with E-state index in [4.69, 9.17) is 16.7 Å². The van der Waals surface area contributed by atoms with Gasteiger partial charge in [-0.25, -0.2) is 12.8 Å². The minimum absolute atomic E-state index is 0.100. The van der Waals surface area contributed by atoms with Gasteiger partial charge in [0.15, 0.2) is 0 Å². The second kappa shape index (κ2) is 5.67. The molecule has 0 radical (unpaired) electrons. The van der Waals surface area contributed by atoms with E-state index >= 15 is 0 Å². The van der Waals surface area contributed by atoms with Crippen LogP contribution in [0.25, 0.3) is 0 Å². The third kappa shape index (κ3) is 2.94. The van der Waals surface area contributed by atoms with Crippen molar-refractivity contribution >= 4 is 27.6 Å². The quantitative estimate of drug-likeness (QED) is 0.923. The van der Waals surface area contributed by atoms with Crippen molar-refractivity contribution in [1.29, 1.82) is 0 Å². The lowest BCUT2D eigenvalue weighted by Gasteiger charge is -2.29. The molecule has 0 unspecified atom stereocenters. The van der Waals surface area contributed by atoms with Crippen molar-refractivity contribution < 1.29 is 22.7 Å². The van der Waals surface area contributed by atoms with E-state index in [1.165, 1.54) is 6.07 Å². The summed E-state index contributed by atoms with van der Waals surface area (Å²) in [5, 5.41) is 9.07. The van der Waals surface area contributed by atoms with Crippen LogP contribution in [-0.4, -0.2) is 36.9 Å². The topological polar surface area (TPSA) is 74.7 Å². The highest BCUT2D eigenvalue weighted by Crippen LogP contribution is 2.26. The first-order valence-electron chi connectivity index (χ1n) is 6.00. The number of hydrogen-bond acceptors (Lipinski definition) is 3. The Morgan fingerprint density at radius 3 is 2.75 bits per heavy atom. The number of benzene rings is 1. The first-order chi connectivity index (χ1) is 9.32. The summed E-state index contributed by atoms with van der Waals surface area (Å²) in [4.78, 5) is 10.5. The molecule has 5 nitrogen and oxygen atoms in total. The standard InChI is InChI=1S/C12H13ClFNO4S/c13-9-3-4-11(10(14)6-9)20(18,19)15-5-1-2-8(7-15)12(16)17/h3-4,6,8H,1-2,5,7H2,(H,16,17)/t8-/m0/s1. The lowest BCUT2D eigenvalue weighted by atomic mass is 10.0. The Morgan fingerprint density at radius 2 is 2.15 bits per heavy atom. The Balaban J connectivity index is 2.32. The molecule has 1 heterocycles. The molecule has 0 aliphatic carbocycles. The van der Waals surface area contributed by atoms with Gasteiger partial charge in [-0.2, -0.15) is 4.31 Å². The molecule has 0 saturated carbocycles. The van der Waals surface area contributed by atoms with Gasteiger partial charge in [0, 0.05) is 18.1 Å². The number of carboxylic acid groups (broad SMARTS) is 1. The van der Waals surface area contributed by atoms with Crippen LogP contribution in [0.2, 0.25) is 5.02 Å². The predicted molar refractivity (Wildman–Crippen MR) is 70.5 cm³/mol. The van der Waals surface area contributed by atoms with Crippen molar-refractivity contribution in [2.24, 2.45) is 5.92 Å². The molecule has 2 rings (SSSR count). The molecular formula is C12H13ClFNO4S. The van der Waals surface area contributed by atoms with E-state index in [0.29, 0.717) is 12.8 Å². The third-order valence-corrected chi connectivity index (χ3v) is 5.38. The van der Waals surface area contributed by atoms with Crippen molar-refractivity contribution in [1.82, 2.24) is 4.31 Å². The number of carbonyl (C=O) groups is 1. The third-order valence-electron chi connectivity index (χ3n) is 3.25. The summed E-state index contributed by atoms with van der Waals surface area (Å²) in [6.07, 6.45) is 0.857. The lowest BCUT2D eigenvalue weighted by molar-refractivity contribution is -0.142. The molecule has 8 heteroatoms. The van der Waals surface area contributed by atoms with Gasteiger partial charge in [-0.3, -0.25) is 4.79 Å². The van der Waals surface area contributed by atoms with Crippen LogP contribution in [0, 0.1) is 11.7 Å². The zero-order valence-corrected chi connectivity index (χ0v) is 12.0. The first-order valence-corrected chi connectivity index (χ1v) is 7.82. The van der Waals surface area contributed by atoms with Crippen molar-refractivity contribution in [3.05, 3.63) is 29.0 Å². The SMILES string of the molecule is O=C(O)[C@H]1CCCN(S(=O)(=O)c2ccc(Cl)cc2F)C1. The van der Waals surface area contributed by atoms with Gasteiger partial charge in [0.25, 0.3) is 0 Å². The van der Waals surface area contributed by atoms with E-state index in [9.17, 15) is 17.6 Å². The summed E-state index contributed by atoms with van der Waals surface area (Å²) >= 11 is 5.59. The molecular weight excluding hydrogens is 309 g/mol. The number of rotatable bonds is 3. The fourth-order valence-electron chi connectivity index (χ4n) is 2.19. The Bertz CT molecular complexity index is 634. The molecule has 110 valence electrons. The molecule has 0 bridgehead atoms. The maximum atomic E-state index is 13.8. The number of carboxylic acids is 1. The Kier molecular flexibility index (Phi) is 4.31. The van der Waals surface area contributed by atoms with Crippen LogP contribution < -0.4 is 0 Å². The second-order valence-electron chi connectivity index (χ2n) is 4.62. The number of piperidine rings is 1. The Hall–Kier alpha value is -1.18. The van der Waals surface area contributed by atoms with E-state index in [1.807, 2.05) is 0 Å². The highest BCUT2D eigenvalue weighted by Gasteiger charge is 2.34. The monoisotopic (exact) mass is 321 g/mol. The lowest BCUT2D eigenvalue weighted by Crippen LogP contribution is -2.42. The molecule has 1 aromatic rings. The molecule has 0 amide bonds. The zero-order chi connectivity index (χ0) is 14.9. The maximum absolute atomic E-state index is 13.8. The van der Waals surface area contributed by atoms with Crippen LogP contribution in [0.3, 0.4) is 0 Å². The number of halogens is 2. The molecule has 1 fully saturated rings. The van der Waals surface area contributed by atoms with Crippen LogP contribution in [0.4, 0.5) is 4.39 Å². The Morgan fingerprint density at radius 1 is 1.45 bits per heavy atom. The van der Waals surface area contributed by atoms with Crippen LogP contribution in [0.5, 0.6) is 0 Å². The van der Waals surface area contributed by atoms with E-state index in [1.54, 1.807) is 0 Å². The molecule has 1 aliphatic rings. The van der Waals surface area contributed by atoms with E-state index in [-0.39, 0.29) is 18.1 Å². The van der Waals surface area contributed by atoms with Crippen molar-refractivity contribution in [2.75, 3.05) is 13.1 Å². The van der Waals surface area contributed by atoms with Crippen molar-refractivity contribution in [2.45, 2.75) is 17.7 Å². The number of aliphatic carboxylic acids is 1. The van der Waals surface area contributed by atoms with Gasteiger partial charge in [0.2, 0.25) is 10.0 Å². The maximum Gasteiger partial charge on any atom is 0.307 e. The minimum Gasteiger partial charge on any atom is -0.481 e. The van der Waals surface area contributed by atoms with Gasteiger partial charge in [0.05, 0.1) is 5.92 Å². The Labute approximate surface area is 121 Å². The van der Waals surface area contributed by atoms with Crippen LogP contribution >= 0.6 is 11.6 Å². The van der Waals surface area contributed by atoms with Crippen LogP contribution in [0.1, 0.15) is 12.8 Å². The molecule has 0 spiro atoms. The van der Waals surface area contributed by atoms with Crippen molar-refractivity contribution in [3.8, 4) is 0 Å². The normalized spacial score (nSPS) is 20.8. The number of hydrogen-bond donors (Lipinski definition) is 1. The molecule has 1 aliphatic heterocycles. The number of nitrogens with zero attached hydrogens (tertiary/aromatic N) is 1. The summed E-state index contributed by atoms with van der Waals surface area (Å²) in [7, 11) is -4.04. The molecule has 0 aromatic heterocycles. The predicted octanol–water partition coefficient (Wildman–Crippen LogP) is 1.96. The minimum atomic E-state index is -4.04. The largest absolute Gasteiger partial charge is 0.481 e. The van der Waals surface area contributed by atoms with Crippen LogP contribution in [0.15, 0.2) is 23.1 Å². The summed E-state index contributed by atoms with van der Waals surface area (Å²) in [5.74, 6) is -2.73. The molecule has 1 aromatic carbocycles. The molecule has 20 heavy (non-hydrogen) atoms. The van der Waals surface area contributed by atoms with E-state index < -0.39 is 32.6 Å². The average Bonchev–Trinajstić information content (AvgIpc) is 2.38. The highest BCUT2D eigenvalue weighted by atomic mass is 35.5. The van der Waals surface area contributed by atoms with Gasteiger partial charge in [-0.05, 0) is 31.0 Å². The van der Waals surface area contributed by atoms with E-state index in [2.05, 4.69) is 0 Å². The van der Waals surface area contributed by atoms with Gasteiger partial charge in [-0.15, -0.1) is 0 Å². The fraction of sp³-hybridized carbons (Fsp3) is 0.417. The molecule has 1 atom stereocenters. The van der Waals surface area contributed by atoms with Crippen molar-refractivity contribution in [3.63, 3.8) is 0 Å². The van der Waals surface area contributed by atoms with Gasteiger partial charge in [-0.1, -0.05) is 11.6 Å². The molecule has 1 N–H and O–H groups in total. The smallest absolute Gasteiger partial charge is 0.307 e. The summed E-state index contributed by atoms with van der Waals surface area (Å²) in [6, 6.07) is 3.31. The first kappa shape index (κ1) is 15.2. The van der Waals surface area contributed by atoms with Crippen LogP contribution in [-0.2, 0) is 14.8 Å². The second-order valence-corrected chi connectivity index (χ2v) is 6.96. The summed E-state index contributed by atoms with van der Waals surface area (Å²) in [6.45, 7) is 0.0495. The zero-order valence-electron chi connectivity index (χ0n) is 10.4. The fourth-order valence-corrected chi connectivity index (χ4v) is 3.91. The van der Waals surface area contributed by atoms with Gasteiger partial charge in [0.1, 0.15) is 10.7 Å². The van der Waals surface area contributed by atoms with Gasteiger partial charge < -0.3 is 5.11 Å².